The van der Waals surface area contributed by atoms with Crippen LogP contribution in [0.5, 0.6) is 5.75 Å². The first-order valence-electron chi connectivity index (χ1n) is 7.26. The van der Waals surface area contributed by atoms with Gasteiger partial charge in [0, 0.05) is 12.1 Å². The third-order valence-corrected chi connectivity index (χ3v) is 3.05. The zero-order chi connectivity index (χ0) is 15.8. The fourth-order valence-corrected chi connectivity index (χ4v) is 1.83. The number of nitrogens with one attached hydrogen (secondary N) is 2. The Morgan fingerprint density at radius 1 is 1.09 bits per heavy atom. The van der Waals surface area contributed by atoms with Gasteiger partial charge in [-0.2, -0.15) is 0 Å². The number of carbonyl (C=O) groups excluding carboxylic acids is 1. The van der Waals surface area contributed by atoms with Gasteiger partial charge < -0.3 is 15.4 Å². The van der Waals surface area contributed by atoms with Crippen molar-refractivity contribution in [3.63, 3.8) is 0 Å². The molecule has 1 amide bonds. The highest BCUT2D eigenvalue weighted by Gasteiger charge is 2.04. The maximum absolute atomic E-state index is 11.6. The summed E-state index contributed by atoms with van der Waals surface area (Å²) in [6.45, 7) is 2.05. The summed E-state index contributed by atoms with van der Waals surface area (Å²) in [5, 5.41) is 13.9. The summed E-state index contributed by atoms with van der Waals surface area (Å²) in [7, 11) is 1.63. The van der Waals surface area contributed by atoms with Crippen LogP contribution in [0.4, 0.5) is 17.3 Å². The Morgan fingerprint density at radius 2 is 1.77 bits per heavy atom. The van der Waals surface area contributed by atoms with Crippen LogP contribution < -0.4 is 15.4 Å². The molecule has 0 aliphatic rings. The summed E-state index contributed by atoms with van der Waals surface area (Å²) in [5.74, 6) is 1.83. The Kier molecular flexibility index (Phi) is 5.71. The molecule has 6 nitrogen and oxygen atoms in total. The summed E-state index contributed by atoms with van der Waals surface area (Å²) in [6.07, 6.45) is 2.37. The maximum atomic E-state index is 11.6. The second-order valence-electron chi connectivity index (χ2n) is 4.81. The van der Waals surface area contributed by atoms with E-state index in [1.807, 2.05) is 31.2 Å². The van der Waals surface area contributed by atoms with Crippen LogP contribution in [-0.2, 0) is 4.79 Å². The molecule has 2 N–H and O–H groups in total. The molecule has 0 fully saturated rings. The van der Waals surface area contributed by atoms with E-state index in [4.69, 9.17) is 4.74 Å². The molecule has 6 heteroatoms. The van der Waals surface area contributed by atoms with Crippen molar-refractivity contribution in [3.05, 3.63) is 36.4 Å². The lowest BCUT2D eigenvalue weighted by molar-refractivity contribution is -0.116. The Balaban J connectivity index is 1.92. The summed E-state index contributed by atoms with van der Waals surface area (Å²) >= 11 is 0. The van der Waals surface area contributed by atoms with Crippen molar-refractivity contribution >= 4 is 23.2 Å². The van der Waals surface area contributed by atoms with Gasteiger partial charge in [-0.05, 0) is 42.8 Å². The first-order valence-corrected chi connectivity index (χ1v) is 7.26. The van der Waals surface area contributed by atoms with E-state index in [-0.39, 0.29) is 5.91 Å². The number of unbranched alkanes of at least 4 members (excludes halogenated alkanes) is 1. The predicted octanol–water partition coefficient (Wildman–Crippen LogP) is 3.36. The minimum absolute atomic E-state index is 0.0352. The van der Waals surface area contributed by atoms with E-state index >= 15 is 0 Å². The Labute approximate surface area is 129 Å². The maximum Gasteiger partial charge on any atom is 0.225 e. The van der Waals surface area contributed by atoms with Crippen molar-refractivity contribution in [2.24, 2.45) is 0 Å². The molecule has 0 unspecified atom stereocenters. The van der Waals surface area contributed by atoms with Crippen LogP contribution in [0.1, 0.15) is 26.2 Å². The molecule has 22 heavy (non-hydrogen) atoms. The van der Waals surface area contributed by atoms with Gasteiger partial charge in [-0.15, -0.1) is 10.2 Å². The van der Waals surface area contributed by atoms with Crippen LogP contribution in [0.3, 0.4) is 0 Å². The molecule has 1 aromatic carbocycles. The van der Waals surface area contributed by atoms with Crippen molar-refractivity contribution in [1.82, 2.24) is 10.2 Å². The van der Waals surface area contributed by atoms with E-state index in [9.17, 15) is 4.79 Å². The smallest absolute Gasteiger partial charge is 0.225 e. The summed E-state index contributed by atoms with van der Waals surface area (Å²) in [5.41, 5.74) is 0.884. The number of anilines is 3. The van der Waals surface area contributed by atoms with Gasteiger partial charge in [-0.25, -0.2) is 0 Å². The monoisotopic (exact) mass is 300 g/mol. The molecule has 0 saturated heterocycles. The Morgan fingerprint density at radius 3 is 2.36 bits per heavy atom. The van der Waals surface area contributed by atoms with Gasteiger partial charge >= 0.3 is 0 Å². The third kappa shape index (κ3) is 4.73. The van der Waals surface area contributed by atoms with Gasteiger partial charge in [-0.3, -0.25) is 4.79 Å². The van der Waals surface area contributed by atoms with E-state index in [1.54, 1.807) is 19.2 Å². The number of nitrogens with zero attached hydrogens (tertiary/aromatic N) is 2. The highest BCUT2D eigenvalue weighted by molar-refractivity contribution is 5.89. The fourth-order valence-electron chi connectivity index (χ4n) is 1.83. The SMILES string of the molecule is CCCCC(=O)Nc1ccc(Nc2ccc(OC)cc2)nn1. The zero-order valence-electron chi connectivity index (χ0n) is 12.8. The van der Waals surface area contributed by atoms with Crippen LogP contribution >= 0.6 is 0 Å². The normalized spacial score (nSPS) is 10.1. The molecule has 116 valence electrons. The number of aromatic nitrogens is 2. The lowest BCUT2D eigenvalue weighted by Gasteiger charge is -2.07. The van der Waals surface area contributed by atoms with Crippen molar-refractivity contribution in [3.8, 4) is 5.75 Å². The lowest BCUT2D eigenvalue weighted by Crippen LogP contribution is -2.12. The number of hydrogen-bond acceptors (Lipinski definition) is 5. The summed E-state index contributed by atoms with van der Waals surface area (Å²) in [4.78, 5) is 11.6. The Hall–Kier alpha value is -2.63. The molecular weight excluding hydrogens is 280 g/mol. The minimum atomic E-state index is -0.0352. The number of ether oxygens (including phenoxy) is 1. The van der Waals surface area contributed by atoms with E-state index in [2.05, 4.69) is 20.8 Å². The molecule has 1 heterocycles. The topological polar surface area (TPSA) is 76.1 Å². The standard InChI is InChI=1S/C16H20N4O2/c1-3-4-5-16(21)18-15-11-10-14(19-20-15)17-12-6-8-13(22-2)9-7-12/h6-11H,3-5H2,1-2H3,(H,17,19)(H,18,20,21). The largest absolute Gasteiger partial charge is 0.497 e. The molecule has 0 radical (unpaired) electrons. The molecule has 0 aliphatic carbocycles. The third-order valence-electron chi connectivity index (χ3n) is 3.05. The first-order chi connectivity index (χ1) is 10.7. The molecule has 0 aliphatic heterocycles. The average Bonchev–Trinajstić information content (AvgIpc) is 2.55. The zero-order valence-corrected chi connectivity index (χ0v) is 12.8. The van der Waals surface area contributed by atoms with Crippen LogP contribution in [0, 0.1) is 0 Å². The predicted molar refractivity (Wildman–Crippen MR) is 86.5 cm³/mol. The second-order valence-corrected chi connectivity index (χ2v) is 4.81. The van der Waals surface area contributed by atoms with Crippen LogP contribution in [0.25, 0.3) is 0 Å². The van der Waals surface area contributed by atoms with Gasteiger partial charge in [0.05, 0.1) is 7.11 Å². The number of rotatable bonds is 7. The summed E-state index contributed by atoms with van der Waals surface area (Å²) < 4.78 is 5.10. The van der Waals surface area contributed by atoms with Gasteiger partial charge in [-0.1, -0.05) is 13.3 Å². The van der Waals surface area contributed by atoms with E-state index in [1.165, 1.54) is 0 Å². The number of benzene rings is 1. The van der Waals surface area contributed by atoms with E-state index < -0.39 is 0 Å². The number of amides is 1. The van der Waals surface area contributed by atoms with Crippen molar-refractivity contribution in [1.29, 1.82) is 0 Å². The second kappa shape index (κ2) is 7.97. The average molecular weight is 300 g/mol. The molecule has 0 spiro atoms. The van der Waals surface area contributed by atoms with Crippen molar-refractivity contribution < 1.29 is 9.53 Å². The van der Waals surface area contributed by atoms with E-state index in [0.717, 1.165) is 24.3 Å². The molecule has 0 atom stereocenters. The van der Waals surface area contributed by atoms with Gasteiger partial charge in [0.15, 0.2) is 11.6 Å². The molecular formula is C16H20N4O2. The lowest BCUT2D eigenvalue weighted by atomic mass is 10.2. The van der Waals surface area contributed by atoms with Crippen molar-refractivity contribution in [2.45, 2.75) is 26.2 Å². The van der Waals surface area contributed by atoms with Crippen LogP contribution in [0.15, 0.2) is 36.4 Å². The van der Waals surface area contributed by atoms with Crippen molar-refractivity contribution in [2.75, 3.05) is 17.7 Å². The summed E-state index contributed by atoms with van der Waals surface area (Å²) in [6, 6.07) is 11.0. The highest BCUT2D eigenvalue weighted by Crippen LogP contribution is 2.18. The molecule has 0 bridgehead atoms. The van der Waals surface area contributed by atoms with Crippen LogP contribution in [0.2, 0.25) is 0 Å². The van der Waals surface area contributed by atoms with Gasteiger partial charge in [0.1, 0.15) is 5.75 Å². The van der Waals surface area contributed by atoms with Gasteiger partial charge in [0.2, 0.25) is 5.91 Å². The molecule has 2 aromatic rings. The highest BCUT2D eigenvalue weighted by atomic mass is 16.5. The van der Waals surface area contributed by atoms with E-state index in [0.29, 0.717) is 18.1 Å². The number of methoxy groups -OCH3 is 1. The fraction of sp³-hybridized carbons (Fsp3) is 0.312. The first kappa shape index (κ1) is 15.8. The van der Waals surface area contributed by atoms with Gasteiger partial charge in [0.25, 0.3) is 0 Å². The Bertz CT molecular complexity index is 597. The number of hydrogen-bond donors (Lipinski definition) is 2. The molecule has 1 aromatic heterocycles. The quantitative estimate of drug-likeness (QED) is 0.820. The molecule has 0 saturated carbocycles. The minimum Gasteiger partial charge on any atom is -0.497 e. The van der Waals surface area contributed by atoms with Crippen LogP contribution in [-0.4, -0.2) is 23.2 Å². The molecule has 2 rings (SSSR count). The number of carbonyl (C=O) groups is 1.